The van der Waals surface area contributed by atoms with E-state index in [1.807, 2.05) is 0 Å². The van der Waals surface area contributed by atoms with Crippen molar-refractivity contribution in [3.05, 3.63) is 22.5 Å². The van der Waals surface area contributed by atoms with E-state index >= 15 is 0 Å². The quantitative estimate of drug-likeness (QED) is 0.620. The van der Waals surface area contributed by atoms with E-state index in [-0.39, 0.29) is 11.6 Å². The average molecular weight is 184 g/mol. The van der Waals surface area contributed by atoms with Crippen molar-refractivity contribution in [2.45, 2.75) is 12.8 Å². The van der Waals surface area contributed by atoms with E-state index in [0.29, 0.717) is 24.2 Å². The Balaban J connectivity index is 2.69. The number of fused-ring (bicyclic) bond motifs is 1. The molecule has 1 aromatic heterocycles. The molecule has 1 aromatic rings. The maximum Gasteiger partial charge on any atom is 0.231 e. The summed E-state index contributed by atoms with van der Waals surface area (Å²) in [4.78, 5) is 21.7. The molecule has 0 amide bonds. The number of halogens is 1. The van der Waals surface area contributed by atoms with Crippen LogP contribution in [0.5, 0.6) is 0 Å². The van der Waals surface area contributed by atoms with Gasteiger partial charge >= 0.3 is 0 Å². The van der Waals surface area contributed by atoms with Gasteiger partial charge in [-0.05, 0) is 12.5 Å². The number of aromatic nitrogens is 1. The lowest BCUT2D eigenvalue weighted by atomic mass is 10.3. The van der Waals surface area contributed by atoms with Crippen LogP contribution in [0.15, 0.2) is 6.07 Å². The number of carbonyl (C=O) groups excluding carboxylic acids is 2. The molecule has 62 valence electrons. The fourth-order valence-electron chi connectivity index (χ4n) is 1.48. The van der Waals surface area contributed by atoms with Gasteiger partial charge in [0, 0.05) is 12.1 Å². The Morgan fingerprint density at radius 2 is 2.25 bits per heavy atom. The summed E-state index contributed by atoms with van der Waals surface area (Å²) < 4.78 is 1.40. The summed E-state index contributed by atoms with van der Waals surface area (Å²) in [6.45, 7) is 0. The minimum Gasteiger partial charge on any atom is -0.296 e. The maximum atomic E-state index is 11.2. The van der Waals surface area contributed by atoms with Crippen LogP contribution in [0.2, 0.25) is 5.02 Å². The Hall–Kier alpha value is -1.09. The molecule has 0 saturated heterocycles. The molecule has 1 aliphatic rings. The van der Waals surface area contributed by atoms with Crippen LogP contribution < -0.4 is 0 Å². The number of aldehydes is 1. The topological polar surface area (TPSA) is 39.1 Å². The van der Waals surface area contributed by atoms with Crippen LogP contribution in [0.3, 0.4) is 0 Å². The lowest BCUT2D eigenvalue weighted by Gasteiger charge is -1.96. The summed E-state index contributed by atoms with van der Waals surface area (Å²) in [5.74, 6) is -0.0426. The zero-order valence-corrected chi connectivity index (χ0v) is 6.97. The van der Waals surface area contributed by atoms with E-state index < -0.39 is 0 Å². The van der Waals surface area contributed by atoms with Crippen LogP contribution in [0, 0.1) is 0 Å². The SMILES string of the molecule is O=Cc1c(Cl)cc2n1C(=O)CC2. The molecule has 4 heteroatoms. The average Bonchev–Trinajstić information content (AvgIpc) is 2.52. The van der Waals surface area contributed by atoms with Crippen molar-refractivity contribution >= 4 is 23.8 Å². The highest BCUT2D eigenvalue weighted by atomic mass is 35.5. The van der Waals surface area contributed by atoms with Gasteiger partial charge in [-0.1, -0.05) is 11.6 Å². The van der Waals surface area contributed by atoms with Crippen LogP contribution >= 0.6 is 11.6 Å². The molecule has 2 rings (SSSR count). The molecule has 0 N–H and O–H groups in total. The van der Waals surface area contributed by atoms with Crippen molar-refractivity contribution < 1.29 is 9.59 Å². The Morgan fingerprint density at radius 3 is 2.92 bits per heavy atom. The first kappa shape index (κ1) is 7.55. The first-order valence-electron chi connectivity index (χ1n) is 3.62. The van der Waals surface area contributed by atoms with Gasteiger partial charge in [-0.2, -0.15) is 0 Å². The summed E-state index contributed by atoms with van der Waals surface area (Å²) in [5, 5.41) is 0.369. The second kappa shape index (κ2) is 2.45. The van der Waals surface area contributed by atoms with Crippen molar-refractivity contribution in [3.8, 4) is 0 Å². The Bertz CT molecular complexity index is 367. The Kier molecular flexibility index (Phi) is 1.54. The van der Waals surface area contributed by atoms with Crippen molar-refractivity contribution in [1.82, 2.24) is 4.57 Å². The summed E-state index contributed by atoms with van der Waals surface area (Å²) in [6, 6.07) is 1.68. The molecule has 0 bridgehead atoms. The lowest BCUT2D eigenvalue weighted by Crippen LogP contribution is -2.07. The second-order valence-electron chi connectivity index (χ2n) is 2.72. The van der Waals surface area contributed by atoms with Gasteiger partial charge in [-0.15, -0.1) is 0 Å². The number of rotatable bonds is 1. The van der Waals surface area contributed by atoms with E-state index in [0.717, 1.165) is 5.69 Å². The molecular formula is C8H6ClNO2. The Morgan fingerprint density at radius 1 is 1.50 bits per heavy atom. The highest BCUT2D eigenvalue weighted by Crippen LogP contribution is 2.25. The van der Waals surface area contributed by atoms with Crippen LogP contribution in [0.4, 0.5) is 0 Å². The van der Waals surface area contributed by atoms with E-state index in [2.05, 4.69) is 0 Å². The standard InChI is InChI=1S/C8H6ClNO2/c9-6-3-5-1-2-8(12)10(5)7(6)4-11/h3-4H,1-2H2. The van der Waals surface area contributed by atoms with Gasteiger partial charge < -0.3 is 0 Å². The minimum absolute atomic E-state index is 0.0426. The third-order valence-electron chi connectivity index (χ3n) is 2.02. The van der Waals surface area contributed by atoms with Crippen LogP contribution in [-0.2, 0) is 6.42 Å². The molecule has 0 saturated carbocycles. The largest absolute Gasteiger partial charge is 0.296 e. The number of hydrogen-bond acceptors (Lipinski definition) is 2. The summed E-state index contributed by atoms with van der Waals surface area (Å²) in [6.07, 6.45) is 1.79. The number of carbonyl (C=O) groups is 2. The van der Waals surface area contributed by atoms with Gasteiger partial charge in [-0.25, -0.2) is 0 Å². The minimum atomic E-state index is -0.0426. The van der Waals surface area contributed by atoms with Crippen molar-refractivity contribution in [2.24, 2.45) is 0 Å². The lowest BCUT2D eigenvalue weighted by molar-refractivity contribution is 0.0913. The predicted molar refractivity (Wildman–Crippen MR) is 43.8 cm³/mol. The van der Waals surface area contributed by atoms with E-state index in [4.69, 9.17) is 11.6 Å². The predicted octanol–water partition coefficient (Wildman–Crippen LogP) is 1.54. The number of aryl methyl sites for hydroxylation is 1. The van der Waals surface area contributed by atoms with E-state index in [9.17, 15) is 9.59 Å². The van der Waals surface area contributed by atoms with Crippen molar-refractivity contribution in [3.63, 3.8) is 0 Å². The highest BCUT2D eigenvalue weighted by molar-refractivity contribution is 6.33. The highest BCUT2D eigenvalue weighted by Gasteiger charge is 2.24. The second-order valence-corrected chi connectivity index (χ2v) is 3.12. The summed E-state index contributed by atoms with van der Waals surface area (Å²) >= 11 is 5.72. The number of nitrogens with zero attached hydrogens (tertiary/aromatic N) is 1. The van der Waals surface area contributed by atoms with Gasteiger partial charge in [0.25, 0.3) is 0 Å². The molecule has 0 aliphatic carbocycles. The smallest absolute Gasteiger partial charge is 0.231 e. The van der Waals surface area contributed by atoms with Gasteiger partial charge in [0.1, 0.15) is 5.69 Å². The molecule has 3 nitrogen and oxygen atoms in total. The first-order chi connectivity index (χ1) is 5.74. The molecule has 12 heavy (non-hydrogen) atoms. The third-order valence-corrected chi connectivity index (χ3v) is 2.32. The monoisotopic (exact) mass is 183 g/mol. The van der Waals surface area contributed by atoms with E-state index in [1.54, 1.807) is 6.07 Å². The molecule has 0 radical (unpaired) electrons. The molecule has 0 spiro atoms. The van der Waals surface area contributed by atoms with Gasteiger partial charge in [0.2, 0.25) is 5.91 Å². The van der Waals surface area contributed by atoms with Crippen molar-refractivity contribution in [1.29, 1.82) is 0 Å². The normalized spacial score (nSPS) is 14.9. The summed E-state index contributed by atoms with van der Waals surface area (Å²) in [5.41, 5.74) is 1.13. The zero-order valence-electron chi connectivity index (χ0n) is 6.21. The van der Waals surface area contributed by atoms with Gasteiger partial charge in [0.15, 0.2) is 6.29 Å². The van der Waals surface area contributed by atoms with E-state index in [1.165, 1.54) is 4.57 Å². The Labute approximate surface area is 73.9 Å². The fraction of sp³-hybridized carbons (Fsp3) is 0.250. The maximum absolute atomic E-state index is 11.2. The fourth-order valence-corrected chi connectivity index (χ4v) is 1.74. The molecular weight excluding hydrogens is 178 g/mol. The molecule has 1 aliphatic heterocycles. The van der Waals surface area contributed by atoms with Gasteiger partial charge in [-0.3, -0.25) is 14.2 Å². The molecule has 2 heterocycles. The molecule has 0 atom stereocenters. The third kappa shape index (κ3) is 0.830. The van der Waals surface area contributed by atoms with Crippen LogP contribution in [-0.4, -0.2) is 16.8 Å². The first-order valence-corrected chi connectivity index (χ1v) is 4.00. The van der Waals surface area contributed by atoms with Crippen molar-refractivity contribution in [2.75, 3.05) is 0 Å². The molecule has 0 fully saturated rings. The van der Waals surface area contributed by atoms with Gasteiger partial charge in [0.05, 0.1) is 5.02 Å². The van der Waals surface area contributed by atoms with Crippen LogP contribution in [0.25, 0.3) is 0 Å². The molecule has 0 unspecified atom stereocenters. The molecule has 0 aromatic carbocycles. The number of hydrogen-bond donors (Lipinski definition) is 0. The zero-order chi connectivity index (χ0) is 8.72. The summed E-state index contributed by atoms with van der Waals surface area (Å²) in [7, 11) is 0. The van der Waals surface area contributed by atoms with Crippen LogP contribution in [0.1, 0.15) is 27.4 Å².